The van der Waals surface area contributed by atoms with Gasteiger partial charge in [-0.05, 0) is 12.1 Å². The van der Waals surface area contributed by atoms with Crippen molar-refractivity contribution < 1.29 is 12.3 Å². The van der Waals surface area contributed by atoms with Gasteiger partial charge in [-0.25, -0.2) is 4.98 Å². The first-order chi connectivity index (χ1) is 6.50. The number of hydrogen-bond acceptors (Lipinski definition) is 3. The molecule has 0 saturated carbocycles. The third-order valence-electron chi connectivity index (χ3n) is 1.96. The van der Waals surface area contributed by atoms with Gasteiger partial charge in [-0.2, -0.15) is 8.42 Å². The van der Waals surface area contributed by atoms with Gasteiger partial charge in [0.1, 0.15) is 0 Å². The van der Waals surface area contributed by atoms with Gasteiger partial charge in [0, 0.05) is 7.05 Å². The van der Waals surface area contributed by atoms with Crippen molar-refractivity contribution in [2.24, 2.45) is 7.05 Å². The largest absolute Gasteiger partial charge is 0.366 e. The van der Waals surface area contributed by atoms with Crippen LogP contribution in [-0.2, 0) is 17.3 Å². The number of benzene rings is 1. The van der Waals surface area contributed by atoms with E-state index in [0.717, 1.165) is 0 Å². The molecule has 0 radical (unpaired) electrons. The summed E-state index contributed by atoms with van der Waals surface area (Å²) in [6.07, 6.45) is 0. The van der Waals surface area contributed by atoms with E-state index in [0.29, 0.717) is 11.0 Å². The number of rotatable bonds is 1. The summed E-state index contributed by atoms with van der Waals surface area (Å²) >= 11 is 0. The summed E-state index contributed by atoms with van der Waals surface area (Å²) in [6.45, 7) is 0. The van der Waals surface area contributed by atoms with Gasteiger partial charge in [0.05, 0.1) is 11.0 Å². The zero-order valence-electron chi connectivity index (χ0n) is 7.31. The quantitative estimate of drug-likeness (QED) is 0.671. The Morgan fingerprint density at radius 2 is 2.00 bits per heavy atom. The molecule has 14 heavy (non-hydrogen) atoms. The van der Waals surface area contributed by atoms with Crippen molar-refractivity contribution in [1.29, 1.82) is 0 Å². The van der Waals surface area contributed by atoms with Crippen molar-refractivity contribution >= 4 is 21.3 Å². The van der Waals surface area contributed by atoms with Crippen LogP contribution in [0.1, 0.15) is 0 Å². The normalized spacial score (nSPS) is 12.1. The summed E-state index contributed by atoms with van der Waals surface area (Å²) < 4.78 is 35.3. The van der Waals surface area contributed by atoms with E-state index in [1.165, 1.54) is 11.6 Å². The molecule has 2 rings (SSSR count). The highest BCUT2D eigenvalue weighted by Gasteiger charge is 2.20. The van der Waals surface area contributed by atoms with Crippen LogP contribution >= 0.6 is 0 Å². The maximum absolute atomic E-state index is 12.7. The van der Waals surface area contributed by atoms with Crippen molar-refractivity contribution in [2.45, 2.75) is 5.16 Å². The van der Waals surface area contributed by atoms with Gasteiger partial charge in [-0.15, -0.1) is 0 Å². The molecule has 0 bridgehead atoms. The van der Waals surface area contributed by atoms with Crippen LogP contribution in [0.4, 0.5) is 3.89 Å². The third kappa shape index (κ3) is 1.27. The molecule has 0 fully saturated rings. The third-order valence-corrected chi connectivity index (χ3v) is 2.77. The van der Waals surface area contributed by atoms with Crippen molar-refractivity contribution in [1.82, 2.24) is 9.55 Å². The summed E-state index contributed by atoms with van der Waals surface area (Å²) in [4.78, 5) is 3.68. The number of para-hydroxylation sites is 2. The first-order valence-electron chi connectivity index (χ1n) is 3.86. The highest BCUT2D eigenvalue weighted by molar-refractivity contribution is 7.86. The molecule has 0 aliphatic rings. The number of aryl methyl sites for hydroxylation is 1. The van der Waals surface area contributed by atoms with Crippen LogP contribution in [0.25, 0.3) is 11.0 Å². The number of halogens is 1. The smallest absolute Gasteiger partial charge is 0.316 e. The van der Waals surface area contributed by atoms with Crippen molar-refractivity contribution in [3.8, 4) is 0 Å². The Morgan fingerprint density at radius 3 is 2.57 bits per heavy atom. The lowest BCUT2D eigenvalue weighted by Gasteiger charge is -1.95. The fourth-order valence-corrected chi connectivity index (χ4v) is 1.97. The van der Waals surface area contributed by atoms with Gasteiger partial charge in [0.15, 0.2) is 0 Å². The van der Waals surface area contributed by atoms with Gasteiger partial charge in [-0.1, -0.05) is 16.0 Å². The Kier molecular flexibility index (Phi) is 1.81. The zero-order valence-corrected chi connectivity index (χ0v) is 8.12. The van der Waals surface area contributed by atoms with E-state index in [1.54, 1.807) is 24.3 Å². The summed E-state index contributed by atoms with van der Waals surface area (Å²) in [5.74, 6) is 0. The van der Waals surface area contributed by atoms with E-state index >= 15 is 0 Å². The molecule has 0 atom stereocenters. The molecule has 1 aromatic carbocycles. The predicted octanol–water partition coefficient (Wildman–Crippen LogP) is 1.23. The van der Waals surface area contributed by atoms with E-state index < -0.39 is 15.4 Å². The van der Waals surface area contributed by atoms with Gasteiger partial charge in [0.25, 0.3) is 5.16 Å². The highest BCUT2D eigenvalue weighted by Crippen LogP contribution is 2.18. The Hall–Kier alpha value is -1.43. The van der Waals surface area contributed by atoms with Crippen LogP contribution in [0, 0.1) is 0 Å². The number of aromatic nitrogens is 2. The van der Waals surface area contributed by atoms with E-state index in [1.807, 2.05) is 0 Å². The fourth-order valence-electron chi connectivity index (χ4n) is 1.34. The van der Waals surface area contributed by atoms with Gasteiger partial charge in [-0.3, -0.25) is 0 Å². The van der Waals surface area contributed by atoms with E-state index in [4.69, 9.17) is 0 Å². The van der Waals surface area contributed by atoms with Crippen LogP contribution in [-0.4, -0.2) is 18.0 Å². The maximum atomic E-state index is 12.7. The minimum atomic E-state index is -4.74. The molecule has 6 heteroatoms. The van der Waals surface area contributed by atoms with Crippen LogP contribution in [0.3, 0.4) is 0 Å². The van der Waals surface area contributed by atoms with Gasteiger partial charge >= 0.3 is 10.2 Å². The zero-order chi connectivity index (χ0) is 10.3. The SMILES string of the molecule is Cn1c(S(=O)(=O)F)nc2ccccc21. The molecule has 0 spiro atoms. The molecule has 74 valence electrons. The standard InChI is InChI=1S/C8H7FN2O2S/c1-11-7-5-3-2-4-6(7)10-8(11)14(9,12)13/h2-5H,1H3. The number of nitrogens with zero attached hydrogens (tertiary/aromatic N) is 2. The highest BCUT2D eigenvalue weighted by atomic mass is 32.3. The molecule has 0 saturated heterocycles. The first-order valence-corrected chi connectivity index (χ1v) is 5.24. The second-order valence-corrected chi connectivity index (χ2v) is 4.12. The predicted molar refractivity (Wildman–Crippen MR) is 49.0 cm³/mol. The molecule has 0 aliphatic heterocycles. The number of fused-ring (bicyclic) bond motifs is 1. The van der Waals surface area contributed by atoms with Crippen molar-refractivity contribution in [3.63, 3.8) is 0 Å². The Balaban J connectivity index is 2.89. The fraction of sp³-hybridized carbons (Fsp3) is 0.125. The van der Waals surface area contributed by atoms with E-state index in [2.05, 4.69) is 4.98 Å². The van der Waals surface area contributed by atoms with Gasteiger partial charge < -0.3 is 4.57 Å². The van der Waals surface area contributed by atoms with Crippen LogP contribution < -0.4 is 0 Å². The van der Waals surface area contributed by atoms with E-state index in [9.17, 15) is 12.3 Å². The summed E-state index contributed by atoms with van der Waals surface area (Å²) in [5, 5.41) is -0.557. The summed E-state index contributed by atoms with van der Waals surface area (Å²) in [6, 6.07) is 6.75. The Morgan fingerprint density at radius 1 is 1.36 bits per heavy atom. The topological polar surface area (TPSA) is 52.0 Å². The minimum Gasteiger partial charge on any atom is -0.316 e. The molecule has 4 nitrogen and oxygen atoms in total. The van der Waals surface area contributed by atoms with Crippen molar-refractivity contribution in [2.75, 3.05) is 0 Å². The molecule has 0 amide bonds. The molecule has 0 unspecified atom stereocenters. The second-order valence-electron chi connectivity index (χ2n) is 2.88. The van der Waals surface area contributed by atoms with Crippen LogP contribution in [0.5, 0.6) is 0 Å². The molecule has 1 aromatic heterocycles. The average molecular weight is 214 g/mol. The molecule has 0 aliphatic carbocycles. The summed E-state index contributed by atoms with van der Waals surface area (Å²) in [5.41, 5.74) is 1.05. The lowest BCUT2D eigenvalue weighted by atomic mass is 10.3. The lowest BCUT2D eigenvalue weighted by Crippen LogP contribution is -2.01. The minimum absolute atomic E-state index is 0.464. The Bertz CT molecular complexity index is 588. The van der Waals surface area contributed by atoms with Crippen LogP contribution in [0.2, 0.25) is 0 Å². The number of imidazole rings is 1. The maximum Gasteiger partial charge on any atom is 0.366 e. The van der Waals surface area contributed by atoms with E-state index in [-0.39, 0.29) is 0 Å². The molecular formula is C8H7FN2O2S. The molecule has 0 N–H and O–H groups in total. The first kappa shape index (κ1) is 9.14. The van der Waals surface area contributed by atoms with Gasteiger partial charge in [0.2, 0.25) is 0 Å². The average Bonchev–Trinajstić information content (AvgIpc) is 2.44. The molecule has 1 heterocycles. The van der Waals surface area contributed by atoms with Crippen LogP contribution in [0.15, 0.2) is 29.4 Å². The van der Waals surface area contributed by atoms with Crippen molar-refractivity contribution in [3.05, 3.63) is 24.3 Å². The summed E-state index contributed by atoms with van der Waals surface area (Å²) in [7, 11) is -3.28. The number of hydrogen-bond donors (Lipinski definition) is 0. The molecular weight excluding hydrogens is 207 g/mol. The lowest BCUT2D eigenvalue weighted by molar-refractivity contribution is 0.536. The Labute approximate surface area is 80.2 Å². The molecule has 2 aromatic rings. The second kappa shape index (κ2) is 2.78. The monoisotopic (exact) mass is 214 g/mol.